The summed E-state index contributed by atoms with van der Waals surface area (Å²) < 4.78 is 0.540. The van der Waals surface area contributed by atoms with Crippen molar-refractivity contribution in [2.75, 3.05) is 5.32 Å². The van der Waals surface area contributed by atoms with Gasteiger partial charge in [0.25, 0.3) is 5.91 Å². The second kappa shape index (κ2) is 6.28. The van der Waals surface area contributed by atoms with Crippen molar-refractivity contribution in [3.63, 3.8) is 0 Å². The Morgan fingerprint density at radius 2 is 1.90 bits per heavy atom. The molecule has 0 atom stereocenters. The van der Waals surface area contributed by atoms with Gasteiger partial charge in [-0.05, 0) is 52.7 Å². The predicted octanol–water partition coefficient (Wildman–Crippen LogP) is 4.36. The maximum Gasteiger partial charge on any atom is 0.337 e. The van der Waals surface area contributed by atoms with E-state index in [1.165, 1.54) is 6.07 Å². The molecule has 0 saturated carbocycles. The third kappa shape index (κ3) is 3.43. The van der Waals surface area contributed by atoms with Gasteiger partial charge in [-0.3, -0.25) is 4.79 Å². The minimum atomic E-state index is -1.09. The predicted molar refractivity (Wildman–Crippen MR) is 85.2 cm³/mol. The first-order chi connectivity index (χ1) is 9.90. The van der Waals surface area contributed by atoms with Crippen LogP contribution in [0.15, 0.2) is 40.9 Å². The van der Waals surface area contributed by atoms with Gasteiger partial charge in [0.2, 0.25) is 0 Å². The fourth-order valence-corrected chi connectivity index (χ4v) is 2.73. The van der Waals surface area contributed by atoms with Crippen LogP contribution >= 0.6 is 27.5 Å². The van der Waals surface area contributed by atoms with Crippen molar-refractivity contribution >= 4 is 45.1 Å². The highest BCUT2D eigenvalue weighted by atomic mass is 79.9. The Labute approximate surface area is 134 Å². The van der Waals surface area contributed by atoms with Crippen LogP contribution in [0.25, 0.3) is 0 Å². The first kappa shape index (κ1) is 15.5. The Balaban J connectivity index is 2.38. The number of carboxylic acid groups (broad SMARTS) is 1. The fraction of sp³-hybridized carbons (Fsp3) is 0.0667. The lowest BCUT2D eigenvalue weighted by molar-refractivity contribution is 0.0698. The zero-order valence-electron chi connectivity index (χ0n) is 11.0. The number of carboxylic acids is 1. The van der Waals surface area contributed by atoms with E-state index in [1.807, 2.05) is 0 Å². The summed E-state index contributed by atoms with van der Waals surface area (Å²) in [5.41, 5.74) is 1.39. The molecule has 0 saturated heterocycles. The van der Waals surface area contributed by atoms with E-state index >= 15 is 0 Å². The molecule has 0 aliphatic carbocycles. The third-order valence-corrected chi connectivity index (χ3v) is 3.81. The quantitative estimate of drug-likeness (QED) is 0.846. The molecule has 0 fully saturated rings. The number of carbonyl (C=O) groups is 2. The minimum Gasteiger partial charge on any atom is -0.478 e. The Kier molecular flexibility index (Phi) is 4.65. The Morgan fingerprint density at radius 1 is 1.19 bits per heavy atom. The molecule has 2 N–H and O–H groups in total. The van der Waals surface area contributed by atoms with Gasteiger partial charge in [-0.15, -0.1) is 0 Å². The molecule has 4 nitrogen and oxygen atoms in total. The molecule has 108 valence electrons. The van der Waals surface area contributed by atoms with Gasteiger partial charge in [0.1, 0.15) is 0 Å². The zero-order chi connectivity index (χ0) is 15.6. The maximum absolute atomic E-state index is 12.3. The van der Waals surface area contributed by atoms with Crippen molar-refractivity contribution in [2.45, 2.75) is 6.92 Å². The molecule has 0 aromatic heterocycles. The molecular formula is C15H11BrClNO3. The van der Waals surface area contributed by atoms with E-state index in [9.17, 15) is 14.7 Å². The van der Waals surface area contributed by atoms with Gasteiger partial charge in [0.05, 0.1) is 16.8 Å². The van der Waals surface area contributed by atoms with Gasteiger partial charge in [-0.25, -0.2) is 4.79 Å². The summed E-state index contributed by atoms with van der Waals surface area (Å²) in [6, 6.07) is 9.58. The van der Waals surface area contributed by atoms with E-state index in [2.05, 4.69) is 21.2 Å². The molecule has 0 aliphatic heterocycles. The number of anilines is 1. The lowest BCUT2D eigenvalue weighted by Gasteiger charge is -2.12. The van der Waals surface area contributed by atoms with Gasteiger partial charge < -0.3 is 10.4 Å². The molecule has 0 heterocycles. The molecule has 0 spiro atoms. The number of para-hydroxylation sites is 1. The number of rotatable bonds is 3. The van der Waals surface area contributed by atoms with E-state index in [1.54, 1.807) is 37.3 Å². The van der Waals surface area contributed by atoms with Gasteiger partial charge >= 0.3 is 5.97 Å². The summed E-state index contributed by atoms with van der Waals surface area (Å²) in [6.07, 6.45) is 0. The molecule has 2 aromatic carbocycles. The first-order valence-electron chi connectivity index (χ1n) is 5.99. The number of nitrogens with one attached hydrogen (secondary N) is 1. The van der Waals surface area contributed by atoms with Crippen molar-refractivity contribution in [3.8, 4) is 0 Å². The molecular weight excluding hydrogens is 358 g/mol. The molecule has 0 aliphatic rings. The standard InChI is InChI=1S/C15H11BrClNO3/c1-8-3-2-4-11(15(20)21)13(8)18-14(19)10-6-5-9(17)7-12(10)16/h2-7H,1H3,(H,18,19)(H,20,21). The van der Waals surface area contributed by atoms with Crippen molar-refractivity contribution in [1.82, 2.24) is 0 Å². The van der Waals surface area contributed by atoms with E-state index in [0.717, 1.165) is 0 Å². The van der Waals surface area contributed by atoms with Crippen LogP contribution in [0.2, 0.25) is 5.02 Å². The summed E-state index contributed by atoms with van der Waals surface area (Å²) in [5.74, 6) is -1.50. The monoisotopic (exact) mass is 367 g/mol. The molecule has 0 unspecified atom stereocenters. The average molecular weight is 369 g/mol. The Bertz CT molecular complexity index is 731. The molecule has 0 radical (unpaired) electrons. The summed E-state index contributed by atoms with van der Waals surface area (Å²) >= 11 is 9.10. The lowest BCUT2D eigenvalue weighted by Crippen LogP contribution is -2.16. The van der Waals surface area contributed by atoms with Crippen LogP contribution in [0.5, 0.6) is 0 Å². The topological polar surface area (TPSA) is 66.4 Å². The highest BCUT2D eigenvalue weighted by Gasteiger charge is 2.17. The average Bonchev–Trinajstić information content (AvgIpc) is 2.40. The number of hydrogen-bond acceptors (Lipinski definition) is 2. The van der Waals surface area contributed by atoms with Crippen molar-refractivity contribution in [2.24, 2.45) is 0 Å². The first-order valence-corrected chi connectivity index (χ1v) is 7.16. The van der Waals surface area contributed by atoms with E-state index < -0.39 is 11.9 Å². The second-order valence-corrected chi connectivity index (χ2v) is 5.67. The number of benzene rings is 2. The molecule has 1 amide bonds. The number of amides is 1. The van der Waals surface area contributed by atoms with Gasteiger partial charge in [-0.2, -0.15) is 0 Å². The minimum absolute atomic E-state index is 0.0495. The number of aryl methyl sites for hydroxylation is 1. The largest absolute Gasteiger partial charge is 0.478 e. The smallest absolute Gasteiger partial charge is 0.337 e. The van der Waals surface area contributed by atoms with Crippen LogP contribution in [0, 0.1) is 6.92 Å². The Hall–Kier alpha value is -1.85. The lowest BCUT2D eigenvalue weighted by atomic mass is 10.1. The number of aromatic carboxylic acids is 1. The third-order valence-electron chi connectivity index (χ3n) is 2.92. The van der Waals surface area contributed by atoms with Crippen LogP contribution in [-0.2, 0) is 0 Å². The maximum atomic E-state index is 12.3. The van der Waals surface area contributed by atoms with Crippen molar-refractivity contribution in [3.05, 3.63) is 62.6 Å². The molecule has 0 bridgehead atoms. The van der Waals surface area contributed by atoms with Crippen LogP contribution < -0.4 is 5.32 Å². The van der Waals surface area contributed by atoms with Crippen LogP contribution in [0.3, 0.4) is 0 Å². The molecule has 2 rings (SSSR count). The number of hydrogen-bond donors (Lipinski definition) is 2. The van der Waals surface area contributed by atoms with Gasteiger partial charge in [0, 0.05) is 9.50 Å². The van der Waals surface area contributed by atoms with Crippen LogP contribution in [0.4, 0.5) is 5.69 Å². The second-order valence-electron chi connectivity index (χ2n) is 4.38. The molecule has 2 aromatic rings. The Morgan fingerprint density at radius 3 is 2.52 bits per heavy atom. The highest BCUT2D eigenvalue weighted by Crippen LogP contribution is 2.25. The zero-order valence-corrected chi connectivity index (χ0v) is 13.3. The summed E-state index contributed by atoms with van der Waals surface area (Å²) in [6.45, 7) is 1.74. The van der Waals surface area contributed by atoms with E-state index in [4.69, 9.17) is 11.6 Å². The normalized spacial score (nSPS) is 10.2. The highest BCUT2D eigenvalue weighted by molar-refractivity contribution is 9.10. The van der Waals surface area contributed by atoms with Crippen molar-refractivity contribution < 1.29 is 14.7 Å². The summed E-state index contributed by atoms with van der Waals surface area (Å²) in [4.78, 5) is 23.5. The van der Waals surface area contributed by atoms with E-state index in [0.29, 0.717) is 20.6 Å². The van der Waals surface area contributed by atoms with Gasteiger partial charge in [0.15, 0.2) is 0 Å². The SMILES string of the molecule is Cc1cccc(C(=O)O)c1NC(=O)c1ccc(Cl)cc1Br. The summed E-state index contributed by atoms with van der Waals surface area (Å²) in [7, 11) is 0. The van der Waals surface area contributed by atoms with Crippen LogP contribution in [0.1, 0.15) is 26.3 Å². The van der Waals surface area contributed by atoms with Crippen molar-refractivity contribution in [1.29, 1.82) is 0 Å². The number of halogens is 2. The number of carbonyl (C=O) groups excluding carboxylic acids is 1. The fourth-order valence-electron chi connectivity index (χ4n) is 1.87. The van der Waals surface area contributed by atoms with Crippen LogP contribution in [-0.4, -0.2) is 17.0 Å². The molecule has 21 heavy (non-hydrogen) atoms. The van der Waals surface area contributed by atoms with E-state index in [-0.39, 0.29) is 11.3 Å². The molecule has 6 heteroatoms. The summed E-state index contributed by atoms with van der Waals surface area (Å²) in [5, 5.41) is 12.3. The van der Waals surface area contributed by atoms with Gasteiger partial charge in [-0.1, -0.05) is 23.7 Å².